The second kappa shape index (κ2) is 9.18. The topological polar surface area (TPSA) is 92.3 Å². The SMILES string of the molecule is CCOc1ccc(C(=O)OC(C)C(=O)Nc2ccc3c(c2)OCO3)cc1OCC. The van der Waals surface area contributed by atoms with Crippen LogP contribution in [0.3, 0.4) is 0 Å². The maximum Gasteiger partial charge on any atom is 0.339 e. The van der Waals surface area contributed by atoms with E-state index in [0.29, 0.717) is 41.9 Å². The summed E-state index contributed by atoms with van der Waals surface area (Å²) in [6.45, 7) is 6.24. The van der Waals surface area contributed by atoms with Crippen molar-refractivity contribution >= 4 is 17.6 Å². The molecule has 2 aromatic carbocycles. The van der Waals surface area contributed by atoms with E-state index in [-0.39, 0.29) is 12.4 Å². The minimum atomic E-state index is -1.00. The van der Waals surface area contributed by atoms with Crippen molar-refractivity contribution < 1.29 is 33.3 Å². The number of carbonyl (C=O) groups is 2. The Hall–Kier alpha value is -3.42. The fourth-order valence-corrected chi connectivity index (χ4v) is 2.68. The van der Waals surface area contributed by atoms with E-state index in [1.54, 1.807) is 36.4 Å². The molecule has 3 rings (SSSR count). The predicted octanol–water partition coefficient (Wildman–Crippen LogP) is 3.40. The number of ether oxygens (including phenoxy) is 5. The molecule has 0 bridgehead atoms. The second-order valence-corrected chi connectivity index (χ2v) is 6.13. The second-order valence-electron chi connectivity index (χ2n) is 6.13. The molecule has 1 unspecified atom stereocenters. The molecule has 1 amide bonds. The summed E-state index contributed by atoms with van der Waals surface area (Å²) >= 11 is 0. The van der Waals surface area contributed by atoms with E-state index >= 15 is 0 Å². The highest BCUT2D eigenvalue weighted by atomic mass is 16.7. The molecule has 0 aliphatic carbocycles. The Kier molecular flexibility index (Phi) is 6.43. The van der Waals surface area contributed by atoms with Gasteiger partial charge in [-0.15, -0.1) is 0 Å². The maximum absolute atomic E-state index is 12.5. The van der Waals surface area contributed by atoms with Crippen molar-refractivity contribution in [3.05, 3.63) is 42.0 Å². The fraction of sp³-hybridized carbons (Fsp3) is 0.333. The van der Waals surface area contributed by atoms with Crippen LogP contribution in [0, 0.1) is 0 Å². The number of hydrogen-bond donors (Lipinski definition) is 1. The van der Waals surface area contributed by atoms with Gasteiger partial charge in [-0.1, -0.05) is 0 Å². The van der Waals surface area contributed by atoms with Crippen LogP contribution < -0.4 is 24.3 Å². The summed E-state index contributed by atoms with van der Waals surface area (Å²) in [4.78, 5) is 24.8. The molecule has 8 nitrogen and oxygen atoms in total. The molecule has 0 saturated heterocycles. The van der Waals surface area contributed by atoms with Gasteiger partial charge in [-0.25, -0.2) is 4.79 Å². The lowest BCUT2D eigenvalue weighted by Crippen LogP contribution is -2.30. The van der Waals surface area contributed by atoms with Crippen molar-refractivity contribution in [2.45, 2.75) is 26.9 Å². The molecule has 1 atom stereocenters. The van der Waals surface area contributed by atoms with Crippen molar-refractivity contribution in [3.63, 3.8) is 0 Å². The molecule has 1 aliphatic rings. The summed E-state index contributed by atoms with van der Waals surface area (Å²) in [6, 6.07) is 9.78. The van der Waals surface area contributed by atoms with Crippen LogP contribution in [0.5, 0.6) is 23.0 Å². The average Bonchev–Trinajstić information content (AvgIpc) is 3.17. The quantitative estimate of drug-likeness (QED) is 0.678. The van der Waals surface area contributed by atoms with Crippen LogP contribution >= 0.6 is 0 Å². The van der Waals surface area contributed by atoms with E-state index in [1.165, 1.54) is 6.92 Å². The Morgan fingerprint density at radius 1 is 1.00 bits per heavy atom. The van der Waals surface area contributed by atoms with Gasteiger partial charge < -0.3 is 29.0 Å². The Morgan fingerprint density at radius 2 is 1.72 bits per heavy atom. The van der Waals surface area contributed by atoms with Gasteiger partial charge in [0.1, 0.15) is 0 Å². The molecule has 1 N–H and O–H groups in total. The van der Waals surface area contributed by atoms with E-state index in [4.69, 9.17) is 23.7 Å². The Balaban J connectivity index is 1.63. The number of benzene rings is 2. The van der Waals surface area contributed by atoms with Gasteiger partial charge in [0.05, 0.1) is 18.8 Å². The first-order chi connectivity index (χ1) is 14.0. The lowest BCUT2D eigenvalue weighted by atomic mass is 10.2. The third-order valence-corrected chi connectivity index (χ3v) is 4.07. The zero-order valence-corrected chi connectivity index (χ0v) is 16.5. The molecule has 154 valence electrons. The highest BCUT2D eigenvalue weighted by Gasteiger charge is 2.21. The maximum atomic E-state index is 12.5. The molecular weight excluding hydrogens is 378 g/mol. The molecule has 0 aromatic heterocycles. The van der Waals surface area contributed by atoms with E-state index in [9.17, 15) is 9.59 Å². The van der Waals surface area contributed by atoms with E-state index in [0.717, 1.165) is 0 Å². The van der Waals surface area contributed by atoms with E-state index < -0.39 is 18.0 Å². The summed E-state index contributed by atoms with van der Waals surface area (Å²) in [6.07, 6.45) is -1.00. The molecule has 0 fully saturated rings. The predicted molar refractivity (Wildman–Crippen MR) is 105 cm³/mol. The summed E-state index contributed by atoms with van der Waals surface area (Å²) in [7, 11) is 0. The minimum Gasteiger partial charge on any atom is -0.490 e. The van der Waals surface area contributed by atoms with Gasteiger partial charge in [-0.3, -0.25) is 4.79 Å². The number of nitrogens with one attached hydrogen (secondary N) is 1. The molecular formula is C21H23NO7. The molecule has 8 heteroatoms. The van der Waals surface area contributed by atoms with Crippen LogP contribution in [-0.4, -0.2) is 38.0 Å². The highest BCUT2D eigenvalue weighted by Crippen LogP contribution is 2.34. The Morgan fingerprint density at radius 3 is 2.48 bits per heavy atom. The van der Waals surface area contributed by atoms with Gasteiger partial charge in [0.2, 0.25) is 6.79 Å². The van der Waals surface area contributed by atoms with Crippen molar-refractivity contribution in [2.24, 2.45) is 0 Å². The molecule has 0 saturated carbocycles. The number of carbonyl (C=O) groups excluding carboxylic acids is 2. The Labute approximate surface area is 168 Å². The molecule has 29 heavy (non-hydrogen) atoms. The smallest absolute Gasteiger partial charge is 0.339 e. The van der Waals surface area contributed by atoms with Crippen molar-refractivity contribution in [3.8, 4) is 23.0 Å². The van der Waals surface area contributed by atoms with Gasteiger partial charge in [0.25, 0.3) is 5.91 Å². The highest BCUT2D eigenvalue weighted by molar-refractivity contribution is 5.97. The van der Waals surface area contributed by atoms with E-state index in [2.05, 4.69) is 5.32 Å². The van der Waals surface area contributed by atoms with Crippen molar-refractivity contribution in [1.82, 2.24) is 0 Å². The number of esters is 1. The molecule has 0 radical (unpaired) electrons. The van der Waals surface area contributed by atoms with Crippen LogP contribution in [0.1, 0.15) is 31.1 Å². The van der Waals surface area contributed by atoms with Crippen LogP contribution in [-0.2, 0) is 9.53 Å². The monoisotopic (exact) mass is 401 g/mol. The first kappa shape index (κ1) is 20.3. The lowest BCUT2D eigenvalue weighted by Gasteiger charge is -2.15. The summed E-state index contributed by atoms with van der Waals surface area (Å²) < 4.78 is 26.8. The van der Waals surface area contributed by atoms with Gasteiger partial charge in [-0.05, 0) is 51.1 Å². The Bertz CT molecular complexity index is 897. The largest absolute Gasteiger partial charge is 0.490 e. The van der Waals surface area contributed by atoms with Gasteiger partial charge >= 0.3 is 5.97 Å². The number of rotatable bonds is 8. The van der Waals surface area contributed by atoms with Crippen molar-refractivity contribution in [2.75, 3.05) is 25.3 Å². The standard InChI is InChI=1S/C21H23NO7/c1-4-25-16-8-6-14(10-18(16)26-5-2)21(24)29-13(3)20(23)22-15-7-9-17-19(11-15)28-12-27-17/h6-11,13H,4-5,12H2,1-3H3,(H,22,23). The van der Waals surface area contributed by atoms with E-state index in [1.807, 2.05) is 13.8 Å². The number of amides is 1. The summed E-state index contributed by atoms with van der Waals surface area (Å²) in [5, 5.41) is 2.69. The molecule has 1 heterocycles. The molecule has 0 spiro atoms. The molecule has 2 aromatic rings. The minimum absolute atomic E-state index is 0.145. The lowest BCUT2D eigenvalue weighted by molar-refractivity contribution is -0.123. The summed E-state index contributed by atoms with van der Waals surface area (Å²) in [5.74, 6) is 1.05. The van der Waals surface area contributed by atoms with Crippen LogP contribution in [0.2, 0.25) is 0 Å². The number of hydrogen-bond acceptors (Lipinski definition) is 7. The van der Waals surface area contributed by atoms with Crippen LogP contribution in [0.25, 0.3) is 0 Å². The van der Waals surface area contributed by atoms with Crippen molar-refractivity contribution in [1.29, 1.82) is 0 Å². The van der Waals surface area contributed by atoms with Gasteiger partial charge in [0, 0.05) is 11.8 Å². The fourth-order valence-electron chi connectivity index (χ4n) is 2.68. The zero-order valence-electron chi connectivity index (χ0n) is 16.5. The number of fused-ring (bicyclic) bond motifs is 1. The third-order valence-electron chi connectivity index (χ3n) is 4.07. The van der Waals surface area contributed by atoms with Gasteiger partial charge in [-0.2, -0.15) is 0 Å². The summed E-state index contributed by atoms with van der Waals surface area (Å²) in [5.41, 5.74) is 0.779. The number of anilines is 1. The first-order valence-corrected chi connectivity index (χ1v) is 9.33. The zero-order chi connectivity index (χ0) is 20.8. The first-order valence-electron chi connectivity index (χ1n) is 9.33. The van der Waals surface area contributed by atoms with Crippen LogP contribution in [0.15, 0.2) is 36.4 Å². The normalized spacial score (nSPS) is 12.8. The third kappa shape index (κ3) is 4.90. The van der Waals surface area contributed by atoms with Gasteiger partial charge in [0.15, 0.2) is 29.1 Å². The van der Waals surface area contributed by atoms with Crippen LogP contribution in [0.4, 0.5) is 5.69 Å². The average molecular weight is 401 g/mol. The molecule has 1 aliphatic heterocycles.